The minimum Gasteiger partial charge on any atom is -0.478 e. The SMILES string of the molecule is Cc1cccc(C)c1-c1cc(OC[C@@H](CC23CC(C2)C3)NCc2cnc3oc(C(C)(C)COCc4ccccc4)cc3n2)nc(NS(=O)(=O)c2cccc(C(=O)O)c2)n1.Cl. The Bertz CT molecular complexity index is 2580. The lowest BCUT2D eigenvalue weighted by atomic mass is 9.43. The number of aryl methyl sites for hydroxylation is 2. The molecule has 0 amide bonds. The van der Waals surface area contributed by atoms with Crippen LogP contribution < -0.4 is 14.8 Å². The number of carbonyl (C=O) groups is 1. The minimum atomic E-state index is -4.26. The molecule has 3 aromatic carbocycles. The number of hydrogen-bond acceptors (Lipinski definition) is 11. The van der Waals surface area contributed by atoms with Gasteiger partial charge in [-0.15, -0.1) is 12.4 Å². The Hall–Kier alpha value is -5.41. The molecule has 0 radical (unpaired) electrons. The highest BCUT2D eigenvalue weighted by atomic mass is 35.5. The summed E-state index contributed by atoms with van der Waals surface area (Å²) in [6, 6.07) is 24.6. The van der Waals surface area contributed by atoms with E-state index in [1.54, 1.807) is 12.3 Å². The van der Waals surface area contributed by atoms with Crippen molar-refractivity contribution in [3.05, 3.63) is 125 Å². The minimum absolute atomic E-state index is 0. The molecule has 0 saturated heterocycles. The van der Waals surface area contributed by atoms with Gasteiger partial charge < -0.3 is 24.3 Å². The van der Waals surface area contributed by atoms with Crippen molar-refractivity contribution in [1.29, 1.82) is 0 Å². The van der Waals surface area contributed by atoms with E-state index in [1.807, 2.05) is 68.4 Å². The lowest BCUT2D eigenvalue weighted by molar-refractivity contribution is -0.119. The number of benzene rings is 3. The number of anilines is 1. The molecule has 3 saturated carbocycles. The molecule has 9 rings (SSSR count). The van der Waals surface area contributed by atoms with Crippen molar-refractivity contribution in [1.82, 2.24) is 25.3 Å². The third kappa shape index (κ3) is 9.47. The lowest BCUT2D eigenvalue weighted by Gasteiger charge is -2.63. The fraction of sp³-hybridized carbons (Fsp3) is 0.356. The van der Waals surface area contributed by atoms with Gasteiger partial charge >= 0.3 is 5.97 Å². The van der Waals surface area contributed by atoms with Crippen LogP contribution in [0.3, 0.4) is 0 Å². The lowest BCUT2D eigenvalue weighted by Crippen LogP contribution is -2.55. The van der Waals surface area contributed by atoms with Crippen LogP contribution in [0.4, 0.5) is 5.95 Å². The second-order valence-electron chi connectivity index (χ2n) is 16.7. The van der Waals surface area contributed by atoms with E-state index in [9.17, 15) is 18.3 Å². The third-order valence-electron chi connectivity index (χ3n) is 11.4. The number of furan rings is 1. The molecule has 3 aliphatic carbocycles. The predicted molar refractivity (Wildman–Crippen MR) is 230 cm³/mol. The zero-order valence-electron chi connectivity index (χ0n) is 34.0. The van der Waals surface area contributed by atoms with E-state index in [0.717, 1.165) is 52.1 Å². The first kappa shape index (κ1) is 42.7. The van der Waals surface area contributed by atoms with Crippen molar-refractivity contribution < 1.29 is 32.2 Å². The Morgan fingerprint density at radius 2 is 1.70 bits per heavy atom. The highest BCUT2D eigenvalue weighted by Gasteiger charge is 2.56. The van der Waals surface area contributed by atoms with E-state index in [1.165, 1.54) is 37.5 Å². The van der Waals surface area contributed by atoms with Gasteiger partial charge in [-0.3, -0.25) is 0 Å². The van der Waals surface area contributed by atoms with E-state index in [-0.39, 0.29) is 52.8 Å². The number of nitrogens with one attached hydrogen (secondary N) is 2. The molecular formula is C45H49ClN6O7S. The monoisotopic (exact) mass is 852 g/mol. The van der Waals surface area contributed by atoms with Crippen molar-refractivity contribution in [2.75, 3.05) is 17.9 Å². The number of rotatable bonds is 18. The quantitative estimate of drug-likeness (QED) is 0.0753. The van der Waals surface area contributed by atoms with Crippen LogP contribution in [0.2, 0.25) is 0 Å². The standard InChI is InChI=1S/C45H48N6O7S.ClH/c1-28-10-8-11-29(2)40(28)36-18-39(50-43(49-36)51-59(54,55)35-15-9-14-32(16-35)42(52)53)57-26-33(22-45-19-31(20-45)21-45)46-23-34-24-47-41-37(48-34)17-38(58-41)44(3,4)27-56-25-30-12-6-5-7-13-30;/h5-18,24,31,33,46H,19-23,25-27H2,1-4H3,(H,52,53)(H,49,50,51);1H/t31?,33-,45?;/m1./s1. The van der Waals surface area contributed by atoms with Crippen LogP contribution in [0.15, 0.2) is 100 Å². The smallest absolute Gasteiger partial charge is 0.335 e. The molecule has 0 aliphatic heterocycles. The van der Waals surface area contributed by atoms with Crippen LogP contribution in [-0.2, 0) is 33.3 Å². The molecule has 3 heterocycles. The van der Waals surface area contributed by atoms with Gasteiger partial charge in [0.15, 0.2) is 0 Å². The van der Waals surface area contributed by atoms with Crippen molar-refractivity contribution in [2.24, 2.45) is 11.3 Å². The maximum atomic E-state index is 13.5. The first-order chi connectivity index (χ1) is 28.2. The molecule has 60 heavy (non-hydrogen) atoms. The number of carboxylic acid groups (broad SMARTS) is 1. The zero-order chi connectivity index (χ0) is 41.4. The molecule has 314 valence electrons. The van der Waals surface area contributed by atoms with Crippen LogP contribution in [0, 0.1) is 25.2 Å². The molecular weight excluding hydrogens is 804 g/mol. The molecule has 1 atom stereocenters. The molecule has 0 spiro atoms. The van der Waals surface area contributed by atoms with E-state index >= 15 is 0 Å². The summed E-state index contributed by atoms with van der Waals surface area (Å²) in [4.78, 5) is 30.0. The molecule has 3 aliphatic rings. The van der Waals surface area contributed by atoms with E-state index in [0.29, 0.717) is 36.7 Å². The first-order valence-electron chi connectivity index (χ1n) is 19.8. The van der Waals surface area contributed by atoms with Gasteiger partial charge in [0.25, 0.3) is 10.0 Å². The Morgan fingerprint density at radius 1 is 0.967 bits per heavy atom. The number of halogens is 1. The van der Waals surface area contributed by atoms with Crippen LogP contribution in [-0.4, -0.2) is 58.7 Å². The summed E-state index contributed by atoms with van der Waals surface area (Å²) in [6.07, 6.45) is 6.25. The third-order valence-corrected chi connectivity index (χ3v) is 12.8. The van der Waals surface area contributed by atoms with Crippen molar-refractivity contribution >= 4 is 45.6 Å². The van der Waals surface area contributed by atoms with Gasteiger partial charge in [0, 0.05) is 35.7 Å². The molecule has 3 N–H and O–H groups in total. The highest BCUT2D eigenvalue weighted by Crippen LogP contribution is 2.66. The highest BCUT2D eigenvalue weighted by molar-refractivity contribution is 7.92. The number of nitrogens with zero attached hydrogens (tertiary/aromatic N) is 4. The van der Waals surface area contributed by atoms with Crippen LogP contribution in [0.25, 0.3) is 22.5 Å². The van der Waals surface area contributed by atoms with Crippen molar-refractivity contribution in [3.8, 4) is 17.1 Å². The Balaban J connectivity index is 0.00000544. The topological polar surface area (TPSA) is 179 Å². The first-order valence-corrected chi connectivity index (χ1v) is 21.3. The van der Waals surface area contributed by atoms with Gasteiger partial charge in [0.05, 0.1) is 41.3 Å². The van der Waals surface area contributed by atoms with Crippen LogP contribution in [0.1, 0.15) is 78.0 Å². The second kappa shape index (κ2) is 17.3. The number of sulfonamides is 1. The maximum Gasteiger partial charge on any atom is 0.335 e. The summed E-state index contributed by atoms with van der Waals surface area (Å²) < 4.78 is 48.1. The Labute approximate surface area is 355 Å². The molecule has 6 aromatic rings. The molecule has 3 aromatic heterocycles. The van der Waals surface area contributed by atoms with Gasteiger partial charge in [-0.1, -0.05) is 68.4 Å². The number of ether oxygens (including phenoxy) is 2. The Morgan fingerprint density at radius 3 is 2.40 bits per heavy atom. The molecule has 3 fully saturated rings. The average molecular weight is 853 g/mol. The summed E-state index contributed by atoms with van der Waals surface area (Å²) in [6.45, 7) is 9.76. The van der Waals surface area contributed by atoms with E-state index in [2.05, 4.69) is 38.8 Å². The van der Waals surface area contributed by atoms with E-state index in [4.69, 9.17) is 18.9 Å². The van der Waals surface area contributed by atoms with Crippen LogP contribution in [0.5, 0.6) is 5.88 Å². The average Bonchev–Trinajstić information content (AvgIpc) is 3.61. The summed E-state index contributed by atoms with van der Waals surface area (Å²) in [5.41, 5.74) is 5.96. The normalized spacial score (nSPS) is 17.6. The summed E-state index contributed by atoms with van der Waals surface area (Å²) in [5, 5.41) is 13.1. The van der Waals surface area contributed by atoms with Crippen molar-refractivity contribution in [2.45, 2.75) is 82.9 Å². The number of hydrogen-bond donors (Lipinski definition) is 3. The fourth-order valence-corrected chi connectivity index (χ4v) is 9.26. The van der Waals surface area contributed by atoms with E-state index < -0.39 is 21.4 Å². The van der Waals surface area contributed by atoms with Gasteiger partial charge in [0.1, 0.15) is 17.9 Å². The number of fused-ring (bicyclic) bond motifs is 1. The van der Waals surface area contributed by atoms with Crippen molar-refractivity contribution in [3.63, 3.8) is 0 Å². The number of aromatic carboxylic acids is 1. The molecule has 0 unspecified atom stereocenters. The number of carboxylic acids is 1. The van der Waals surface area contributed by atoms with Gasteiger partial charge in [-0.2, -0.15) is 4.98 Å². The van der Waals surface area contributed by atoms with Gasteiger partial charge in [-0.05, 0) is 85.8 Å². The summed E-state index contributed by atoms with van der Waals surface area (Å²) in [5.74, 6) is 0.319. The summed E-state index contributed by atoms with van der Waals surface area (Å²) in [7, 11) is -4.26. The second-order valence-corrected chi connectivity index (χ2v) is 18.4. The van der Waals surface area contributed by atoms with Gasteiger partial charge in [0.2, 0.25) is 17.5 Å². The zero-order valence-corrected chi connectivity index (χ0v) is 35.6. The maximum absolute atomic E-state index is 13.5. The summed E-state index contributed by atoms with van der Waals surface area (Å²) >= 11 is 0. The molecule has 13 nitrogen and oxygen atoms in total. The largest absolute Gasteiger partial charge is 0.478 e. The Kier molecular flexibility index (Phi) is 12.3. The molecule has 2 bridgehead atoms. The van der Waals surface area contributed by atoms with Crippen LogP contribution >= 0.6 is 12.4 Å². The number of aromatic nitrogens is 4. The predicted octanol–water partition coefficient (Wildman–Crippen LogP) is 8.44. The fourth-order valence-electron chi connectivity index (χ4n) is 8.27. The molecule has 15 heteroatoms. The van der Waals surface area contributed by atoms with Gasteiger partial charge in [-0.25, -0.2) is 32.9 Å².